The molecule has 2 aliphatic rings. The summed E-state index contributed by atoms with van der Waals surface area (Å²) in [6, 6.07) is 6.51. The number of benzene rings is 1. The van der Waals surface area contributed by atoms with E-state index in [1.54, 1.807) is 0 Å². The molecule has 21 heavy (non-hydrogen) atoms. The number of aromatic nitrogens is 2. The first-order valence-corrected chi connectivity index (χ1v) is 7.21. The highest BCUT2D eigenvalue weighted by Crippen LogP contribution is 2.40. The number of ether oxygens (including phenoxy) is 1. The van der Waals surface area contributed by atoms with E-state index in [4.69, 9.17) is 4.74 Å². The van der Waals surface area contributed by atoms with Crippen molar-refractivity contribution in [3.05, 3.63) is 41.7 Å². The van der Waals surface area contributed by atoms with Crippen LogP contribution in [-0.2, 0) is 18.2 Å². The van der Waals surface area contributed by atoms with Crippen LogP contribution in [0.25, 0.3) is 11.1 Å². The predicted molar refractivity (Wildman–Crippen MR) is 77.7 cm³/mol. The van der Waals surface area contributed by atoms with E-state index in [1.807, 2.05) is 29.0 Å². The van der Waals surface area contributed by atoms with E-state index in [1.165, 1.54) is 16.7 Å². The number of carbonyl (C=O) groups is 1. The highest BCUT2D eigenvalue weighted by atomic mass is 16.6. The fourth-order valence-electron chi connectivity index (χ4n) is 3.54. The molecule has 5 nitrogen and oxygen atoms in total. The molecule has 1 aromatic carbocycles. The lowest BCUT2D eigenvalue weighted by atomic mass is 9.85. The Balaban J connectivity index is 1.85. The van der Waals surface area contributed by atoms with Crippen LogP contribution in [0, 0.1) is 0 Å². The van der Waals surface area contributed by atoms with Gasteiger partial charge in [-0.05, 0) is 30.0 Å². The van der Waals surface area contributed by atoms with E-state index in [-0.39, 0.29) is 18.2 Å². The molecule has 0 bridgehead atoms. The Morgan fingerprint density at radius 3 is 3.00 bits per heavy atom. The Labute approximate surface area is 123 Å². The van der Waals surface area contributed by atoms with Crippen molar-refractivity contribution in [2.24, 2.45) is 7.05 Å². The van der Waals surface area contributed by atoms with Crippen LogP contribution in [0.4, 0.5) is 4.79 Å². The van der Waals surface area contributed by atoms with Crippen LogP contribution in [0.15, 0.2) is 30.6 Å². The molecule has 0 N–H and O–H groups in total. The molecular formula is C16H17N3O2. The molecule has 0 unspecified atom stereocenters. The zero-order valence-electron chi connectivity index (χ0n) is 12.1. The molecule has 0 spiro atoms. The molecule has 1 amide bonds. The lowest BCUT2D eigenvalue weighted by Crippen LogP contribution is -2.41. The van der Waals surface area contributed by atoms with Gasteiger partial charge in [-0.2, -0.15) is 5.10 Å². The first-order valence-electron chi connectivity index (χ1n) is 7.21. The summed E-state index contributed by atoms with van der Waals surface area (Å²) < 4.78 is 7.04. The number of fused-ring (bicyclic) bond motifs is 2. The Hall–Kier alpha value is -2.30. The number of rotatable bonds is 1. The van der Waals surface area contributed by atoms with Crippen molar-refractivity contribution in [3.63, 3.8) is 0 Å². The maximum atomic E-state index is 11.9. The van der Waals surface area contributed by atoms with E-state index < -0.39 is 0 Å². The van der Waals surface area contributed by atoms with E-state index in [2.05, 4.69) is 30.2 Å². The van der Waals surface area contributed by atoms with Gasteiger partial charge in [-0.3, -0.25) is 9.58 Å². The SMILES string of the molecule is C[C@H]1c2cccc(-c3cnn(C)c3)c2C[C@@H]2COC(=O)N21. The average molecular weight is 283 g/mol. The largest absolute Gasteiger partial charge is 0.447 e. The van der Waals surface area contributed by atoms with E-state index in [0.717, 1.165) is 12.0 Å². The summed E-state index contributed by atoms with van der Waals surface area (Å²) in [5.74, 6) is 0. The van der Waals surface area contributed by atoms with Crippen LogP contribution >= 0.6 is 0 Å². The second-order valence-electron chi connectivity index (χ2n) is 5.79. The van der Waals surface area contributed by atoms with Crippen LogP contribution in [-0.4, -0.2) is 33.4 Å². The van der Waals surface area contributed by atoms with Crippen molar-refractivity contribution in [1.82, 2.24) is 14.7 Å². The Bertz CT molecular complexity index is 722. The van der Waals surface area contributed by atoms with E-state index in [9.17, 15) is 4.79 Å². The number of nitrogens with zero attached hydrogens (tertiary/aromatic N) is 3. The summed E-state index contributed by atoms with van der Waals surface area (Å²) in [4.78, 5) is 13.7. The normalized spacial score (nSPS) is 23.7. The second kappa shape index (κ2) is 4.35. The topological polar surface area (TPSA) is 47.4 Å². The third kappa shape index (κ3) is 1.77. The van der Waals surface area contributed by atoms with Crippen molar-refractivity contribution in [2.75, 3.05) is 6.61 Å². The first kappa shape index (κ1) is 12.4. The number of aryl methyl sites for hydroxylation is 1. The van der Waals surface area contributed by atoms with Crippen molar-refractivity contribution < 1.29 is 9.53 Å². The minimum Gasteiger partial charge on any atom is -0.447 e. The highest BCUT2D eigenvalue weighted by molar-refractivity contribution is 5.74. The minimum absolute atomic E-state index is 0.0605. The van der Waals surface area contributed by atoms with Gasteiger partial charge in [0.1, 0.15) is 6.61 Å². The molecule has 2 aliphatic heterocycles. The van der Waals surface area contributed by atoms with Crippen LogP contribution in [0.3, 0.4) is 0 Å². The quantitative estimate of drug-likeness (QED) is 0.808. The zero-order chi connectivity index (χ0) is 14.6. The van der Waals surface area contributed by atoms with Gasteiger partial charge in [-0.25, -0.2) is 4.79 Å². The lowest BCUT2D eigenvalue weighted by molar-refractivity contribution is 0.144. The van der Waals surface area contributed by atoms with Gasteiger partial charge in [-0.15, -0.1) is 0 Å². The van der Waals surface area contributed by atoms with Gasteiger partial charge >= 0.3 is 6.09 Å². The maximum absolute atomic E-state index is 11.9. The predicted octanol–water partition coefficient (Wildman–Crippen LogP) is 2.53. The first-order chi connectivity index (χ1) is 10.1. The second-order valence-corrected chi connectivity index (χ2v) is 5.79. The summed E-state index contributed by atoms with van der Waals surface area (Å²) in [5.41, 5.74) is 4.87. The lowest BCUT2D eigenvalue weighted by Gasteiger charge is -2.35. The molecule has 108 valence electrons. The molecule has 1 fully saturated rings. The summed E-state index contributed by atoms with van der Waals surface area (Å²) in [5, 5.41) is 4.27. The van der Waals surface area contributed by atoms with Gasteiger partial charge in [0.15, 0.2) is 0 Å². The molecule has 1 aromatic heterocycles. The molecule has 1 saturated heterocycles. The van der Waals surface area contributed by atoms with Crippen molar-refractivity contribution in [1.29, 1.82) is 0 Å². The van der Waals surface area contributed by atoms with Gasteiger partial charge in [0, 0.05) is 18.8 Å². The number of hydrogen-bond donors (Lipinski definition) is 0. The van der Waals surface area contributed by atoms with Crippen molar-refractivity contribution in [3.8, 4) is 11.1 Å². The van der Waals surface area contributed by atoms with Gasteiger partial charge in [0.2, 0.25) is 0 Å². The molecule has 0 saturated carbocycles. The summed E-state index contributed by atoms with van der Waals surface area (Å²) in [7, 11) is 1.92. The van der Waals surface area contributed by atoms with Crippen LogP contribution in [0.1, 0.15) is 24.1 Å². The van der Waals surface area contributed by atoms with Crippen LogP contribution in [0.5, 0.6) is 0 Å². The minimum atomic E-state index is -0.190. The molecule has 2 atom stereocenters. The standard InChI is InChI=1S/C16H17N3O2/c1-10-13-4-3-5-14(11-7-17-18(2)8-11)15(13)6-12-9-21-16(20)19(10)12/h3-5,7-8,10,12H,6,9H2,1-2H3/t10-,12+/m0/s1. The summed E-state index contributed by atoms with van der Waals surface area (Å²) in [6.45, 7) is 2.56. The number of cyclic esters (lactones) is 1. The molecule has 2 aromatic rings. The number of carbonyl (C=O) groups excluding carboxylic acids is 1. The van der Waals surface area contributed by atoms with Gasteiger partial charge < -0.3 is 4.74 Å². The fraction of sp³-hybridized carbons (Fsp3) is 0.375. The molecular weight excluding hydrogens is 266 g/mol. The molecule has 0 aliphatic carbocycles. The van der Waals surface area contributed by atoms with E-state index >= 15 is 0 Å². The molecule has 4 rings (SSSR count). The molecule has 0 radical (unpaired) electrons. The monoisotopic (exact) mass is 283 g/mol. The van der Waals surface area contributed by atoms with Gasteiger partial charge in [0.05, 0.1) is 18.3 Å². The van der Waals surface area contributed by atoms with Gasteiger partial charge in [-0.1, -0.05) is 18.2 Å². The third-order valence-electron chi connectivity index (χ3n) is 4.54. The van der Waals surface area contributed by atoms with Gasteiger partial charge in [0.25, 0.3) is 0 Å². The fourth-order valence-corrected chi connectivity index (χ4v) is 3.54. The van der Waals surface area contributed by atoms with Crippen LogP contribution < -0.4 is 0 Å². The Morgan fingerprint density at radius 1 is 1.38 bits per heavy atom. The smallest absolute Gasteiger partial charge is 0.410 e. The summed E-state index contributed by atoms with van der Waals surface area (Å²) >= 11 is 0. The third-order valence-corrected chi connectivity index (χ3v) is 4.54. The Morgan fingerprint density at radius 2 is 2.24 bits per heavy atom. The van der Waals surface area contributed by atoms with Crippen LogP contribution in [0.2, 0.25) is 0 Å². The maximum Gasteiger partial charge on any atom is 0.410 e. The number of hydrogen-bond acceptors (Lipinski definition) is 3. The number of amides is 1. The van der Waals surface area contributed by atoms with E-state index in [0.29, 0.717) is 6.61 Å². The van der Waals surface area contributed by atoms with Crippen molar-refractivity contribution in [2.45, 2.75) is 25.4 Å². The Kier molecular flexibility index (Phi) is 2.58. The molecule has 5 heteroatoms. The molecule has 3 heterocycles. The zero-order valence-corrected chi connectivity index (χ0v) is 12.1. The average Bonchev–Trinajstić information content (AvgIpc) is 3.06. The highest BCUT2D eigenvalue weighted by Gasteiger charge is 2.41. The van der Waals surface area contributed by atoms with Crippen molar-refractivity contribution >= 4 is 6.09 Å². The summed E-state index contributed by atoms with van der Waals surface area (Å²) in [6.07, 6.45) is 4.58.